The molecule has 88 valence electrons. The molecular formula is C14H20BrN. The van der Waals surface area contributed by atoms with E-state index in [1.807, 2.05) is 0 Å². The van der Waals surface area contributed by atoms with Gasteiger partial charge in [0.1, 0.15) is 0 Å². The summed E-state index contributed by atoms with van der Waals surface area (Å²) in [6.07, 6.45) is 1.32. The van der Waals surface area contributed by atoms with E-state index < -0.39 is 0 Å². The fourth-order valence-corrected chi connectivity index (χ4v) is 2.89. The number of rotatable bonds is 2. The first-order chi connectivity index (χ1) is 7.72. The van der Waals surface area contributed by atoms with E-state index in [4.69, 9.17) is 0 Å². The minimum Gasteiger partial charge on any atom is -0.371 e. The highest BCUT2D eigenvalue weighted by molar-refractivity contribution is 9.08. The number of nitrogens with zero attached hydrogens (tertiary/aromatic N) is 1. The Bertz CT molecular complexity index is 350. The Hall–Kier alpha value is -0.500. The van der Waals surface area contributed by atoms with Crippen LogP contribution in [0.5, 0.6) is 0 Å². The molecule has 2 atom stereocenters. The zero-order valence-corrected chi connectivity index (χ0v) is 11.7. The van der Waals surface area contributed by atoms with Gasteiger partial charge >= 0.3 is 0 Å². The van der Waals surface area contributed by atoms with Gasteiger partial charge in [-0.25, -0.2) is 0 Å². The third-order valence-electron chi connectivity index (χ3n) is 3.81. The molecule has 1 nitrogen and oxygen atoms in total. The number of halogens is 1. The van der Waals surface area contributed by atoms with Crippen molar-refractivity contribution < 1.29 is 0 Å². The van der Waals surface area contributed by atoms with Crippen molar-refractivity contribution in [2.45, 2.75) is 25.6 Å². The Balaban J connectivity index is 2.18. The van der Waals surface area contributed by atoms with Gasteiger partial charge in [0.15, 0.2) is 0 Å². The van der Waals surface area contributed by atoms with Crippen molar-refractivity contribution in [1.82, 2.24) is 0 Å². The fourth-order valence-electron chi connectivity index (χ4n) is 2.41. The van der Waals surface area contributed by atoms with Crippen LogP contribution in [-0.2, 0) is 5.33 Å². The summed E-state index contributed by atoms with van der Waals surface area (Å²) >= 11 is 3.58. The van der Waals surface area contributed by atoms with Gasteiger partial charge in [-0.15, -0.1) is 0 Å². The molecule has 1 aliphatic heterocycles. The van der Waals surface area contributed by atoms with E-state index in [1.165, 1.54) is 30.8 Å². The molecular weight excluding hydrogens is 262 g/mol. The SMILES string of the molecule is CC1CCN(c2ccccc2CBr)CC1C. The molecule has 1 aliphatic rings. The molecule has 16 heavy (non-hydrogen) atoms. The van der Waals surface area contributed by atoms with Crippen LogP contribution < -0.4 is 4.90 Å². The molecule has 0 N–H and O–H groups in total. The first kappa shape index (κ1) is 12.0. The summed E-state index contributed by atoms with van der Waals surface area (Å²) in [5.74, 6) is 1.67. The summed E-state index contributed by atoms with van der Waals surface area (Å²) in [7, 11) is 0. The van der Waals surface area contributed by atoms with Crippen LogP contribution >= 0.6 is 15.9 Å². The minimum absolute atomic E-state index is 0.803. The van der Waals surface area contributed by atoms with Gasteiger partial charge in [-0.05, 0) is 29.9 Å². The van der Waals surface area contributed by atoms with E-state index in [9.17, 15) is 0 Å². The summed E-state index contributed by atoms with van der Waals surface area (Å²) in [6.45, 7) is 7.15. The van der Waals surface area contributed by atoms with E-state index in [1.54, 1.807) is 0 Å². The lowest BCUT2D eigenvalue weighted by Crippen LogP contribution is -2.38. The monoisotopic (exact) mass is 281 g/mol. The molecule has 2 rings (SSSR count). The first-order valence-corrected chi connectivity index (χ1v) is 7.23. The van der Waals surface area contributed by atoms with E-state index >= 15 is 0 Å². The maximum atomic E-state index is 3.58. The summed E-state index contributed by atoms with van der Waals surface area (Å²) < 4.78 is 0. The molecule has 0 saturated carbocycles. The van der Waals surface area contributed by atoms with Crippen LogP contribution in [0.3, 0.4) is 0 Å². The van der Waals surface area contributed by atoms with E-state index in [2.05, 4.69) is 58.9 Å². The van der Waals surface area contributed by atoms with Crippen molar-refractivity contribution in [3.05, 3.63) is 29.8 Å². The zero-order valence-electron chi connectivity index (χ0n) is 10.1. The Kier molecular flexibility index (Phi) is 3.91. The molecule has 0 radical (unpaired) electrons. The van der Waals surface area contributed by atoms with Crippen molar-refractivity contribution in [2.75, 3.05) is 18.0 Å². The molecule has 1 heterocycles. The summed E-state index contributed by atoms with van der Waals surface area (Å²) in [6, 6.07) is 8.73. The number of hydrogen-bond acceptors (Lipinski definition) is 1. The molecule has 2 unspecified atom stereocenters. The zero-order chi connectivity index (χ0) is 11.5. The second-order valence-electron chi connectivity index (χ2n) is 4.95. The van der Waals surface area contributed by atoms with E-state index in [0.717, 1.165) is 17.2 Å². The Morgan fingerprint density at radius 1 is 1.25 bits per heavy atom. The average Bonchev–Trinajstić information content (AvgIpc) is 2.32. The Morgan fingerprint density at radius 3 is 2.69 bits per heavy atom. The molecule has 1 aromatic rings. The standard InChI is InChI=1S/C14H20BrN/c1-11-7-8-16(10-12(11)2)14-6-4-3-5-13(14)9-15/h3-6,11-12H,7-10H2,1-2H3. The van der Waals surface area contributed by atoms with Gasteiger partial charge in [-0.3, -0.25) is 0 Å². The lowest BCUT2D eigenvalue weighted by molar-refractivity contribution is 0.323. The van der Waals surface area contributed by atoms with Crippen LogP contribution in [0.1, 0.15) is 25.8 Å². The second-order valence-corrected chi connectivity index (χ2v) is 5.51. The molecule has 0 aromatic heterocycles. The first-order valence-electron chi connectivity index (χ1n) is 6.11. The molecule has 1 aromatic carbocycles. The number of para-hydroxylation sites is 1. The van der Waals surface area contributed by atoms with Crippen LogP contribution in [0, 0.1) is 11.8 Å². The number of piperidine rings is 1. The van der Waals surface area contributed by atoms with Gasteiger partial charge < -0.3 is 4.90 Å². The van der Waals surface area contributed by atoms with Crippen molar-refractivity contribution in [3.8, 4) is 0 Å². The molecule has 0 amide bonds. The van der Waals surface area contributed by atoms with Crippen molar-refractivity contribution in [1.29, 1.82) is 0 Å². The van der Waals surface area contributed by atoms with Crippen LogP contribution in [0.2, 0.25) is 0 Å². The van der Waals surface area contributed by atoms with Gasteiger partial charge in [0.2, 0.25) is 0 Å². The van der Waals surface area contributed by atoms with Gasteiger partial charge in [0, 0.05) is 24.1 Å². The topological polar surface area (TPSA) is 3.24 Å². The molecule has 1 fully saturated rings. The maximum Gasteiger partial charge on any atom is 0.0407 e. The quantitative estimate of drug-likeness (QED) is 0.739. The molecule has 2 heteroatoms. The largest absolute Gasteiger partial charge is 0.371 e. The summed E-state index contributed by atoms with van der Waals surface area (Å²) in [4.78, 5) is 2.54. The number of benzene rings is 1. The predicted octanol–water partition coefficient (Wildman–Crippen LogP) is 4.06. The highest BCUT2D eigenvalue weighted by Crippen LogP contribution is 2.29. The van der Waals surface area contributed by atoms with E-state index in [0.29, 0.717) is 0 Å². The highest BCUT2D eigenvalue weighted by atomic mass is 79.9. The fraction of sp³-hybridized carbons (Fsp3) is 0.571. The van der Waals surface area contributed by atoms with Crippen LogP contribution in [0.25, 0.3) is 0 Å². The third-order valence-corrected chi connectivity index (χ3v) is 4.41. The molecule has 0 bridgehead atoms. The number of anilines is 1. The second kappa shape index (κ2) is 5.22. The molecule has 0 aliphatic carbocycles. The molecule has 0 spiro atoms. The lowest BCUT2D eigenvalue weighted by Gasteiger charge is -2.37. The molecule has 1 saturated heterocycles. The van der Waals surface area contributed by atoms with Crippen LogP contribution in [0.4, 0.5) is 5.69 Å². The predicted molar refractivity (Wildman–Crippen MR) is 74.2 cm³/mol. The third kappa shape index (κ3) is 2.42. The van der Waals surface area contributed by atoms with Crippen molar-refractivity contribution in [2.24, 2.45) is 11.8 Å². The Morgan fingerprint density at radius 2 is 2.00 bits per heavy atom. The number of hydrogen-bond donors (Lipinski definition) is 0. The average molecular weight is 282 g/mol. The normalized spacial score (nSPS) is 25.8. The smallest absolute Gasteiger partial charge is 0.0407 e. The highest BCUT2D eigenvalue weighted by Gasteiger charge is 2.23. The van der Waals surface area contributed by atoms with Gasteiger partial charge in [-0.1, -0.05) is 48.0 Å². The van der Waals surface area contributed by atoms with Gasteiger partial charge in [0.05, 0.1) is 0 Å². The van der Waals surface area contributed by atoms with E-state index in [-0.39, 0.29) is 0 Å². The summed E-state index contributed by atoms with van der Waals surface area (Å²) in [5, 5.41) is 0.948. The number of alkyl halides is 1. The lowest BCUT2D eigenvalue weighted by atomic mass is 9.88. The van der Waals surface area contributed by atoms with Crippen LogP contribution in [-0.4, -0.2) is 13.1 Å². The van der Waals surface area contributed by atoms with Crippen LogP contribution in [0.15, 0.2) is 24.3 Å². The van der Waals surface area contributed by atoms with Crippen molar-refractivity contribution in [3.63, 3.8) is 0 Å². The summed E-state index contributed by atoms with van der Waals surface area (Å²) in [5.41, 5.74) is 2.82. The minimum atomic E-state index is 0.803. The van der Waals surface area contributed by atoms with Gasteiger partial charge in [-0.2, -0.15) is 0 Å². The Labute approximate surface area is 107 Å². The van der Waals surface area contributed by atoms with Gasteiger partial charge in [0.25, 0.3) is 0 Å². The maximum absolute atomic E-state index is 3.58. The van der Waals surface area contributed by atoms with Crippen molar-refractivity contribution >= 4 is 21.6 Å².